The zero-order valence-electron chi connectivity index (χ0n) is 13.1. The number of nitrogens with one attached hydrogen (secondary N) is 1. The number of tetrazole rings is 1. The predicted molar refractivity (Wildman–Crippen MR) is 84.7 cm³/mol. The van der Waals surface area contributed by atoms with Crippen LogP contribution in [0, 0.1) is 0 Å². The summed E-state index contributed by atoms with van der Waals surface area (Å²) >= 11 is 0. The Bertz CT molecular complexity index is 880. The van der Waals surface area contributed by atoms with Gasteiger partial charge in [-0.3, -0.25) is 4.79 Å². The van der Waals surface area contributed by atoms with E-state index < -0.39 is 17.6 Å². The zero-order valence-corrected chi connectivity index (χ0v) is 13.1. The highest BCUT2D eigenvalue weighted by Crippen LogP contribution is 2.29. The Kier molecular flexibility index (Phi) is 4.83. The van der Waals surface area contributed by atoms with E-state index in [1.165, 1.54) is 23.1 Å². The molecule has 1 aromatic heterocycles. The molecule has 0 aliphatic carbocycles. The van der Waals surface area contributed by atoms with E-state index in [4.69, 9.17) is 4.74 Å². The number of hydrogen-bond acceptors (Lipinski definition) is 5. The van der Waals surface area contributed by atoms with Crippen molar-refractivity contribution < 1.29 is 22.7 Å². The molecular weight excluding hydrogens is 351 g/mol. The van der Waals surface area contributed by atoms with E-state index in [-0.39, 0.29) is 12.3 Å². The molecule has 0 unspecified atom stereocenters. The highest BCUT2D eigenvalue weighted by Gasteiger charge is 2.29. The maximum atomic E-state index is 12.5. The molecule has 0 saturated heterocycles. The summed E-state index contributed by atoms with van der Waals surface area (Å²) in [5.41, 5.74) is 0.107. The number of anilines is 1. The Morgan fingerprint density at radius 3 is 2.58 bits per heavy atom. The lowest BCUT2D eigenvalue weighted by atomic mass is 10.2. The summed E-state index contributed by atoms with van der Waals surface area (Å²) < 4.78 is 44.3. The van der Waals surface area contributed by atoms with Crippen LogP contribution in [-0.4, -0.2) is 32.7 Å². The molecule has 1 amide bonds. The lowest BCUT2D eigenvalue weighted by Gasteiger charge is -2.10. The first-order chi connectivity index (χ1) is 12.4. The van der Waals surface area contributed by atoms with E-state index in [9.17, 15) is 18.0 Å². The Morgan fingerprint density at radius 1 is 1.15 bits per heavy atom. The molecule has 0 bridgehead atoms. The summed E-state index contributed by atoms with van der Waals surface area (Å²) in [6, 6.07) is 10.9. The molecular formula is C16H12F3N5O2. The average molecular weight is 363 g/mol. The van der Waals surface area contributed by atoms with Gasteiger partial charge in [-0.25, -0.2) is 4.68 Å². The second kappa shape index (κ2) is 7.21. The zero-order chi connectivity index (χ0) is 18.6. The molecule has 1 N–H and O–H groups in total. The summed E-state index contributed by atoms with van der Waals surface area (Å²) in [6.07, 6.45) is -3.01. The van der Waals surface area contributed by atoms with Crippen LogP contribution in [-0.2, 0) is 11.0 Å². The molecule has 7 nitrogen and oxygen atoms in total. The van der Waals surface area contributed by atoms with E-state index in [1.807, 2.05) is 0 Å². The van der Waals surface area contributed by atoms with Gasteiger partial charge in [0.2, 0.25) is 0 Å². The van der Waals surface area contributed by atoms with Crippen LogP contribution in [0.3, 0.4) is 0 Å². The molecule has 0 fully saturated rings. The number of alkyl halides is 3. The standard InChI is InChI=1S/C16H12F3N5O2/c17-16(18,19)11-4-6-12(7-5-11)21-15(25)9-26-14-3-1-2-13(8-14)24-10-20-22-23-24/h1-8,10H,9H2,(H,21,25). The molecule has 0 atom stereocenters. The monoisotopic (exact) mass is 363 g/mol. The molecule has 10 heteroatoms. The number of carbonyl (C=O) groups excluding carboxylic acids is 1. The van der Waals surface area contributed by atoms with E-state index in [2.05, 4.69) is 20.8 Å². The second-order valence-electron chi connectivity index (χ2n) is 5.16. The summed E-state index contributed by atoms with van der Waals surface area (Å²) in [4.78, 5) is 11.9. The van der Waals surface area contributed by atoms with E-state index in [1.54, 1.807) is 24.3 Å². The first-order valence-electron chi connectivity index (χ1n) is 7.35. The normalized spacial score (nSPS) is 11.2. The number of amides is 1. The second-order valence-corrected chi connectivity index (χ2v) is 5.16. The quantitative estimate of drug-likeness (QED) is 0.754. The van der Waals surface area contributed by atoms with Gasteiger partial charge in [-0.05, 0) is 46.8 Å². The number of carbonyl (C=O) groups is 1. The molecule has 0 saturated carbocycles. The number of halogens is 3. The van der Waals surface area contributed by atoms with Gasteiger partial charge in [0.25, 0.3) is 5.91 Å². The number of nitrogens with zero attached hydrogens (tertiary/aromatic N) is 4. The fraction of sp³-hybridized carbons (Fsp3) is 0.125. The minimum Gasteiger partial charge on any atom is -0.484 e. The number of ether oxygens (including phenoxy) is 1. The third-order valence-electron chi connectivity index (χ3n) is 3.30. The Labute approximate surface area is 145 Å². The number of rotatable bonds is 5. The van der Waals surface area contributed by atoms with Crippen LogP contribution in [0.1, 0.15) is 5.56 Å². The van der Waals surface area contributed by atoms with Crippen molar-refractivity contribution in [2.75, 3.05) is 11.9 Å². The Hall–Kier alpha value is -3.43. The Morgan fingerprint density at radius 2 is 1.92 bits per heavy atom. The van der Waals surface area contributed by atoms with Crippen molar-refractivity contribution >= 4 is 11.6 Å². The van der Waals surface area contributed by atoms with Gasteiger partial charge in [0.05, 0.1) is 11.3 Å². The smallest absolute Gasteiger partial charge is 0.416 e. The number of benzene rings is 2. The van der Waals surface area contributed by atoms with Crippen molar-refractivity contribution in [3.05, 3.63) is 60.4 Å². The van der Waals surface area contributed by atoms with Crippen molar-refractivity contribution in [1.29, 1.82) is 0 Å². The predicted octanol–water partition coefficient (Wildman–Crippen LogP) is 2.70. The molecule has 134 valence electrons. The van der Waals surface area contributed by atoms with Gasteiger partial charge in [-0.1, -0.05) is 6.07 Å². The SMILES string of the molecule is O=C(COc1cccc(-n2cnnn2)c1)Nc1ccc(C(F)(F)F)cc1. The van der Waals surface area contributed by atoms with Gasteiger partial charge in [0, 0.05) is 11.8 Å². The van der Waals surface area contributed by atoms with Crippen molar-refractivity contribution in [2.45, 2.75) is 6.18 Å². The molecule has 0 aliphatic rings. The van der Waals surface area contributed by atoms with Gasteiger partial charge in [-0.2, -0.15) is 13.2 Å². The number of aromatic nitrogens is 4. The summed E-state index contributed by atoms with van der Waals surface area (Å²) in [7, 11) is 0. The largest absolute Gasteiger partial charge is 0.484 e. The molecule has 0 radical (unpaired) electrons. The first-order valence-corrected chi connectivity index (χ1v) is 7.35. The van der Waals surface area contributed by atoms with Crippen LogP contribution >= 0.6 is 0 Å². The molecule has 3 aromatic rings. The van der Waals surface area contributed by atoms with E-state index in [0.717, 1.165) is 12.1 Å². The highest BCUT2D eigenvalue weighted by molar-refractivity contribution is 5.91. The van der Waals surface area contributed by atoms with Crippen LogP contribution in [0.2, 0.25) is 0 Å². The van der Waals surface area contributed by atoms with Crippen LogP contribution in [0.15, 0.2) is 54.9 Å². The van der Waals surface area contributed by atoms with Crippen LogP contribution < -0.4 is 10.1 Å². The molecule has 26 heavy (non-hydrogen) atoms. The van der Waals surface area contributed by atoms with Gasteiger partial charge >= 0.3 is 6.18 Å². The van der Waals surface area contributed by atoms with Crippen molar-refractivity contribution in [1.82, 2.24) is 20.2 Å². The third kappa shape index (κ3) is 4.35. The first kappa shape index (κ1) is 17.4. The molecule has 0 spiro atoms. The minimum atomic E-state index is -4.42. The fourth-order valence-electron chi connectivity index (χ4n) is 2.08. The molecule has 3 rings (SSSR count). The average Bonchev–Trinajstić information content (AvgIpc) is 3.15. The topological polar surface area (TPSA) is 81.9 Å². The summed E-state index contributed by atoms with van der Waals surface area (Å²) in [5.74, 6) is -0.0850. The maximum Gasteiger partial charge on any atom is 0.416 e. The number of hydrogen-bond donors (Lipinski definition) is 1. The Balaban J connectivity index is 1.57. The van der Waals surface area contributed by atoms with Crippen LogP contribution in [0.5, 0.6) is 5.75 Å². The molecule has 2 aromatic carbocycles. The highest BCUT2D eigenvalue weighted by atomic mass is 19.4. The maximum absolute atomic E-state index is 12.5. The third-order valence-corrected chi connectivity index (χ3v) is 3.30. The lowest BCUT2D eigenvalue weighted by molar-refractivity contribution is -0.137. The van der Waals surface area contributed by atoms with Gasteiger partial charge in [0.15, 0.2) is 6.61 Å². The summed E-state index contributed by atoms with van der Waals surface area (Å²) in [5, 5.41) is 13.3. The van der Waals surface area contributed by atoms with Gasteiger partial charge in [-0.15, -0.1) is 5.10 Å². The molecule has 1 heterocycles. The van der Waals surface area contributed by atoms with Crippen molar-refractivity contribution in [3.8, 4) is 11.4 Å². The lowest BCUT2D eigenvalue weighted by Crippen LogP contribution is -2.20. The van der Waals surface area contributed by atoms with E-state index >= 15 is 0 Å². The fourth-order valence-corrected chi connectivity index (χ4v) is 2.08. The van der Waals surface area contributed by atoms with Crippen LogP contribution in [0.4, 0.5) is 18.9 Å². The van der Waals surface area contributed by atoms with Crippen molar-refractivity contribution in [3.63, 3.8) is 0 Å². The summed E-state index contributed by atoms with van der Waals surface area (Å²) in [6.45, 7) is -0.305. The van der Waals surface area contributed by atoms with Crippen molar-refractivity contribution in [2.24, 2.45) is 0 Å². The minimum absolute atomic E-state index is 0.244. The van der Waals surface area contributed by atoms with Crippen LogP contribution in [0.25, 0.3) is 5.69 Å². The van der Waals surface area contributed by atoms with E-state index in [0.29, 0.717) is 11.4 Å². The van der Waals surface area contributed by atoms with Gasteiger partial charge in [0.1, 0.15) is 12.1 Å². The van der Waals surface area contributed by atoms with Gasteiger partial charge < -0.3 is 10.1 Å². The molecule has 0 aliphatic heterocycles.